The smallest absolute Gasteiger partial charge is 0.165 e. The van der Waals surface area contributed by atoms with Crippen molar-refractivity contribution in [2.75, 3.05) is 5.32 Å². The van der Waals surface area contributed by atoms with Crippen molar-refractivity contribution in [1.82, 2.24) is 19.5 Å². The van der Waals surface area contributed by atoms with E-state index in [1.807, 2.05) is 6.33 Å². The van der Waals surface area contributed by atoms with E-state index in [1.165, 1.54) is 19.2 Å². The van der Waals surface area contributed by atoms with Gasteiger partial charge in [0.05, 0.1) is 12.4 Å². The molecule has 1 N–H and O–H groups in total. The third-order valence-corrected chi connectivity index (χ3v) is 4.05. The van der Waals surface area contributed by atoms with E-state index >= 15 is 0 Å². The summed E-state index contributed by atoms with van der Waals surface area (Å²) in [5.74, 6) is 0.666. The predicted molar refractivity (Wildman–Crippen MR) is 69.8 cm³/mol. The SMILES string of the molecule is F[C@@H]1CCC[C@@H]1Nc1ncnc2c1ncn2C1CC1. The standard InChI is InChI=1S/C13H16FN5/c14-9-2-1-3-10(9)18-12-11-13(16-6-15-12)19(7-17-11)8-4-5-8/h6-10H,1-5H2,(H,15,16,18)/t9-,10+/m1/s1. The fourth-order valence-electron chi connectivity index (χ4n) is 2.83. The zero-order valence-electron chi connectivity index (χ0n) is 10.6. The van der Waals surface area contributed by atoms with Gasteiger partial charge in [0.15, 0.2) is 11.5 Å². The molecule has 6 heteroatoms. The molecule has 0 spiro atoms. The minimum Gasteiger partial charge on any atom is -0.362 e. The highest BCUT2D eigenvalue weighted by molar-refractivity contribution is 5.83. The molecule has 0 aromatic carbocycles. The van der Waals surface area contributed by atoms with Crippen molar-refractivity contribution in [3.05, 3.63) is 12.7 Å². The Morgan fingerprint density at radius 3 is 2.79 bits per heavy atom. The summed E-state index contributed by atoms with van der Waals surface area (Å²) in [6.45, 7) is 0. The molecule has 0 saturated heterocycles. The van der Waals surface area contributed by atoms with Crippen molar-refractivity contribution in [2.24, 2.45) is 0 Å². The molecule has 5 nitrogen and oxygen atoms in total. The number of nitrogens with zero attached hydrogens (tertiary/aromatic N) is 4. The van der Waals surface area contributed by atoms with Gasteiger partial charge < -0.3 is 9.88 Å². The molecule has 2 fully saturated rings. The fraction of sp³-hybridized carbons (Fsp3) is 0.615. The van der Waals surface area contributed by atoms with E-state index in [-0.39, 0.29) is 6.04 Å². The Morgan fingerprint density at radius 1 is 1.16 bits per heavy atom. The molecule has 2 aromatic heterocycles. The highest BCUT2D eigenvalue weighted by Crippen LogP contribution is 2.37. The Balaban J connectivity index is 1.69. The Morgan fingerprint density at radius 2 is 2.05 bits per heavy atom. The first-order chi connectivity index (χ1) is 9.33. The fourth-order valence-corrected chi connectivity index (χ4v) is 2.83. The van der Waals surface area contributed by atoms with Crippen molar-refractivity contribution >= 4 is 17.0 Å². The molecular formula is C13H16FN5. The van der Waals surface area contributed by atoms with Gasteiger partial charge in [-0.3, -0.25) is 0 Å². The molecule has 2 aliphatic carbocycles. The number of anilines is 1. The summed E-state index contributed by atoms with van der Waals surface area (Å²) >= 11 is 0. The summed E-state index contributed by atoms with van der Waals surface area (Å²) in [4.78, 5) is 12.9. The minimum absolute atomic E-state index is 0.135. The molecule has 19 heavy (non-hydrogen) atoms. The van der Waals surface area contributed by atoms with Gasteiger partial charge in [0.1, 0.15) is 18.0 Å². The van der Waals surface area contributed by atoms with E-state index in [4.69, 9.17) is 0 Å². The molecule has 2 aromatic rings. The number of nitrogens with one attached hydrogen (secondary N) is 1. The Kier molecular flexibility index (Phi) is 2.43. The van der Waals surface area contributed by atoms with Crippen LogP contribution >= 0.6 is 0 Å². The number of aromatic nitrogens is 4. The molecular weight excluding hydrogens is 245 g/mol. The van der Waals surface area contributed by atoms with Crippen LogP contribution in [0.2, 0.25) is 0 Å². The second-order valence-corrected chi connectivity index (χ2v) is 5.48. The van der Waals surface area contributed by atoms with E-state index in [1.54, 1.807) is 0 Å². The van der Waals surface area contributed by atoms with Gasteiger partial charge >= 0.3 is 0 Å². The van der Waals surface area contributed by atoms with Gasteiger partial charge in [-0.25, -0.2) is 19.3 Å². The van der Waals surface area contributed by atoms with Crippen LogP contribution < -0.4 is 5.32 Å². The summed E-state index contributed by atoms with van der Waals surface area (Å²) < 4.78 is 15.8. The normalized spacial score (nSPS) is 27.0. The summed E-state index contributed by atoms with van der Waals surface area (Å²) in [5.41, 5.74) is 1.61. The van der Waals surface area contributed by atoms with Crippen molar-refractivity contribution < 1.29 is 4.39 Å². The summed E-state index contributed by atoms with van der Waals surface area (Å²) in [6.07, 6.45) is 7.38. The van der Waals surface area contributed by atoms with Crippen LogP contribution in [0.5, 0.6) is 0 Å². The molecule has 0 unspecified atom stereocenters. The molecule has 2 aliphatic rings. The summed E-state index contributed by atoms with van der Waals surface area (Å²) in [5, 5.41) is 3.20. The van der Waals surface area contributed by atoms with Crippen LogP contribution in [0, 0.1) is 0 Å². The lowest BCUT2D eigenvalue weighted by molar-refractivity contribution is 0.323. The van der Waals surface area contributed by atoms with E-state index in [0.29, 0.717) is 18.3 Å². The van der Waals surface area contributed by atoms with Crippen LogP contribution in [0.15, 0.2) is 12.7 Å². The van der Waals surface area contributed by atoms with Gasteiger partial charge in [0, 0.05) is 6.04 Å². The Bertz CT molecular complexity index is 606. The van der Waals surface area contributed by atoms with E-state index in [9.17, 15) is 4.39 Å². The van der Waals surface area contributed by atoms with Crippen LogP contribution in [0.1, 0.15) is 38.1 Å². The number of halogens is 1. The third kappa shape index (κ3) is 1.86. The lowest BCUT2D eigenvalue weighted by Crippen LogP contribution is -2.25. The van der Waals surface area contributed by atoms with Crippen LogP contribution in [0.25, 0.3) is 11.2 Å². The quantitative estimate of drug-likeness (QED) is 0.922. The maximum absolute atomic E-state index is 13.7. The molecule has 2 atom stereocenters. The van der Waals surface area contributed by atoms with E-state index < -0.39 is 6.17 Å². The highest BCUT2D eigenvalue weighted by Gasteiger charge is 2.29. The monoisotopic (exact) mass is 261 g/mol. The van der Waals surface area contributed by atoms with Crippen LogP contribution in [0.3, 0.4) is 0 Å². The molecule has 0 amide bonds. The van der Waals surface area contributed by atoms with Gasteiger partial charge in [-0.1, -0.05) is 0 Å². The average Bonchev–Trinajstić information content (AvgIpc) is 3.04. The molecule has 2 heterocycles. The second kappa shape index (κ2) is 4.15. The molecule has 0 aliphatic heterocycles. The van der Waals surface area contributed by atoms with Crippen molar-refractivity contribution in [3.63, 3.8) is 0 Å². The number of fused-ring (bicyclic) bond motifs is 1. The summed E-state index contributed by atoms with van der Waals surface area (Å²) in [6, 6.07) is 0.400. The van der Waals surface area contributed by atoms with Crippen LogP contribution in [-0.2, 0) is 0 Å². The minimum atomic E-state index is -0.782. The third-order valence-electron chi connectivity index (χ3n) is 4.05. The molecule has 100 valence electrons. The van der Waals surface area contributed by atoms with Gasteiger partial charge in [-0.2, -0.15) is 0 Å². The zero-order chi connectivity index (χ0) is 12.8. The first kappa shape index (κ1) is 11.1. The number of rotatable bonds is 3. The van der Waals surface area contributed by atoms with E-state index in [2.05, 4.69) is 24.8 Å². The van der Waals surface area contributed by atoms with Crippen LogP contribution in [-0.4, -0.2) is 31.7 Å². The first-order valence-electron chi connectivity index (χ1n) is 6.91. The maximum atomic E-state index is 13.7. The highest BCUT2D eigenvalue weighted by atomic mass is 19.1. The zero-order valence-corrected chi connectivity index (χ0v) is 10.6. The molecule has 4 rings (SSSR count). The Hall–Kier alpha value is -1.72. The number of alkyl halides is 1. The largest absolute Gasteiger partial charge is 0.362 e. The number of hydrogen-bond donors (Lipinski definition) is 1. The molecule has 0 radical (unpaired) electrons. The maximum Gasteiger partial charge on any atom is 0.165 e. The second-order valence-electron chi connectivity index (χ2n) is 5.48. The van der Waals surface area contributed by atoms with Crippen molar-refractivity contribution in [2.45, 2.75) is 50.4 Å². The van der Waals surface area contributed by atoms with Gasteiger partial charge in [-0.15, -0.1) is 0 Å². The topological polar surface area (TPSA) is 55.6 Å². The van der Waals surface area contributed by atoms with Gasteiger partial charge in [0.25, 0.3) is 0 Å². The summed E-state index contributed by atoms with van der Waals surface area (Å²) in [7, 11) is 0. The lowest BCUT2D eigenvalue weighted by Gasteiger charge is -2.15. The predicted octanol–water partition coefficient (Wildman–Crippen LogP) is 2.46. The van der Waals surface area contributed by atoms with Gasteiger partial charge in [-0.05, 0) is 32.1 Å². The van der Waals surface area contributed by atoms with Gasteiger partial charge in [0.2, 0.25) is 0 Å². The number of imidazole rings is 1. The lowest BCUT2D eigenvalue weighted by atomic mass is 10.2. The Labute approximate surface area is 110 Å². The molecule has 2 saturated carbocycles. The van der Waals surface area contributed by atoms with Crippen LogP contribution in [0.4, 0.5) is 10.2 Å². The number of hydrogen-bond acceptors (Lipinski definition) is 4. The average molecular weight is 261 g/mol. The van der Waals surface area contributed by atoms with Crippen molar-refractivity contribution in [3.8, 4) is 0 Å². The van der Waals surface area contributed by atoms with Crippen molar-refractivity contribution in [1.29, 1.82) is 0 Å². The van der Waals surface area contributed by atoms with E-state index in [0.717, 1.165) is 24.0 Å². The first-order valence-corrected chi connectivity index (χ1v) is 6.91. The molecule has 0 bridgehead atoms.